The number of aliphatic hydroxyl groups is 1. The lowest BCUT2D eigenvalue weighted by molar-refractivity contribution is -0.240. The molecule has 4 heteroatoms. The lowest BCUT2D eigenvalue weighted by Crippen LogP contribution is -2.52. The Kier molecular flexibility index (Phi) is 10.3. The van der Waals surface area contributed by atoms with E-state index in [9.17, 15) is 5.11 Å². The van der Waals surface area contributed by atoms with Gasteiger partial charge in [-0.15, -0.1) is 0 Å². The van der Waals surface area contributed by atoms with E-state index in [0.717, 1.165) is 12.8 Å². The molecule has 0 bridgehead atoms. The van der Waals surface area contributed by atoms with Crippen LogP contribution < -0.4 is 5.73 Å². The molecule has 4 nitrogen and oxygen atoms in total. The Bertz CT molecular complexity index is 263. The smallest absolute Gasteiger partial charge is 0.160 e. The molecule has 0 saturated carbocycles. The van der Waals surface area contributed by atoms with Gasteiger partial charge in [0, 0.05) is 12.5 Å². The van der Waals surface area contributed by atoms with Gasteiger partial charge >= 0.3 is 0 Å². The second-order valence-electron chi connectivity index (χ2n) is 6.76. The van der Waals surface area contributed by atoms with Crippen molar-refractivity contribution < 1.29 is 14.6 Å². The molecular formula is C18H37NO3. The second kappa shape index (κ2) is 11.4. The molecule has 1 rings (SSSR count). The van der Waals surface area contributed by atoms with Crippen LogP contribution in [-0.2, 0) is 9.47 Å². The predicted molar refractivity (Wildman–Crippen MR) is 90.7 cm³/mol. The van der Waals surface area contributed by atoms with Gasteiger partial charge in [-0.2, -0.15) is 0 Å². The summed E-state index contributed by atoms with van der Waals surface area (Å²) in [6, 6.07) is -0.245. The van der Waals surface area contributed by atoms with E-state index in [0.29, 0.717) is 6.42 Å². The first-order valence-electron chi connectivity index (χ1n) is 9.33. The Morgan fingerprint density at radius 2 is 1.73 bits per heavy atom. The molecule has 1 aliphatic rings. The minimum Gasteiger partial charge on any atom is -0.389 e. The van der Waals surface area contributed by atoms with Gasteiger partial charge in [0.05, 0.1) is 18.3 Å². The number of unbranched alkanes of at least 4 members (excludes halogenated alkanes) is 5. The molecule has 0 amide bonds. The van der Waals surface area contributed by atoms with Crippen molar-refractivity contribution in [3.05, 3.63) is 0 Å². The third-order valence-corrected chi connectivity index (χ3v) is 4.60. The summed E-state index contributed by atoms with van der Waals surface area (Å²) in [5, 5.41) is 9.86. The van der Waals surface area contributed by atoms with Crippen LogP contribution in [0.5, 0.6) is 0 Å². The molecule has 3 N–H and O–H groups in total. The Morgan fingerprint density at radius 1 is 1.09 bits per heavy atom. The summed E-state index contributed by atoms with van der Waals surface area (Å²) in [4.78, 5) is 0. The number of hydrogen-bond acceptors (Lipinski definition) is 4. The summed E-state index contributed by atoms with van der Waals surface area (Å²) in [5.41, 5.74) is 5.98. The molecule has 132 valence electrons. The van der Waals surface area contributed by atoms with Crippen molar-refractivity contribution in [2.75, 3.05) is 0 Å². The maximum atomic E-state index is 9.86. The van der Waals surface area contributed by atoms with Gasteiger partial charge in [-0.3, -0.25) is 0 Å². The van der Waals surface area contributed by atoms with Crippen molar-refractivity contribution in [3.8, 4) is 0 Å². The minimum atomic E-state index is -0.581. The molecule has 22 heavy (non-hydrogen) atoms. The standard InChI is InChI=1S/C18H37NO3/c1-4-6-8-9-10-12-15(11-7-5-2)22-17-13-16(19)18(20)14(3)21-17/h14-18,20H,4-13,19H2,1-3H3/t14-,15?,16-,17-,18+/m0/s1. The van der Waals surface area contributed by atoms with Crippen LogP contribution in [0.3, 0.4) is 0 Å². The van der Waals surface area contributed by atoms with E-state index in [4.69, 9.17) is 15.2 Å². The first-order valence-corrected chi connectivity index (χ1v) is 9.33. The average Bonchev–Trinajstić information content (AvgIpc) is 2.49. The Hall–Kier alpha value is -0.160. The highest BCUT2D eigenvalue weighted by molar-refractivity contribution is 4.83. The van der Waals surface area contributed by atoms with Crippen LogP contribution in [0.2, 0.25) is 0 Å². The van der Waals surface area contributed by atoms with E-state index >= 15 is 0 Å². The van der Waals surface area contributed by atoms with Gasteiger partial charge in [0.15, 0.2) is 6.29 Å². The third kappa shape index (κ3) is 7.40. The largest absolute Gasteiger partial charge is 0.389 e. The Morgan fingerprint density at radius 3 is 2.36 bits per heavy atom. The SMILES string of the molecule is CCCCCCCC(CCCC)O[C@H]1C[C@H](N)[C@H](O)[C@H](C)O1. The van der Waals surface area contributed by atoms with Gasteiger partial charge in [-0.05, 0) is 19.8 Å². The Labute approximate surface area is 136 Å². The summed E-state index contributed by atoms with van der Waals surface area (Å²) >= 11 is 0. The minimum absolute atomic E-state index is 0.245. The molecule has 5 atom stereocenters. The van der Waals surface area contributed by atoms with Crippen LogP contribution >= 0.6 is 0 Å². The van der Waals surface area contributed by atoms with Crippen LogP contribution in [0.1, 0.15) is 85.0 Å². The van der Waals surface area contributed by atoms with Crippen molar-refractivity contribution in [1.82, 2.24) is 0 Å². The fourth-order valence-corrected chi connectivity index (χ4v) is 3.08. The fourth-order valence-electron chi connectivity index (χ4n) is 3.08. The molecule has 1 fully saturated rings. The molecule has 0 spiro atoms. The fraction of sp³-hybridized carbons (Fsp3) is 1.00. The van der Waals surface area contributed by atoms with Gasteiger partial charge in [0.1, 0.15) is 0 Å². The van der Waals surface area contributed by atoms with Gasteiger partial charge in [-0.25, -0.2) is 0 Å². The van der Waals surface area contributed by atoms with E-state index < -0.39 is 6.10 Å². The summed E-state index contributed by atoms with van der Waals surface area (Å²) in [6.07, 6.45) is 10.8. The van der Waals surface area contributed by atoms with E-state index in [1.54, 1.807) is 0 Å². The molecule has 1 saturated heterocycles. The summed E-state index contributed by atoms with van der Waals surface area (Å²) in [5.74, 6) is 0. The summed E-state index contributed by atoms with van der Waals surface area (Å²) < 4.78 is 11.9. The predicted octanol–water partition coefficient (Wildman–Crippen LogP) is 3.75. The van der Waals surface area contributed by atoms with Crippen molar-refractivity contribution in [1.29, 1.82) is 0 Å². The third-order valence-electron chi connectivity index (χ3n) is 4.60. The van der Waals surface area contributed by atoms with Crippen molar-refractivity contribution in [2.24, 2.45) is 5.73 Å². The maximum absolute atomic E-state index is 9.86. The zero-order valence-corrected chi connectivity index (χ0v) is 14.8. The topological polar surface area (TPSA) is 64.7 Å². The van der Waals surface area contributed by atoms with Crippen LogP contribution in [0.15, 0.2) is 0 Å². The monoisotopic (exact) mass is 315 g/mol. The molecule has 1 heterocycles. The van der Waals surface area contributed by atoms with Crippen molar-refractivity contribution in [2.45, 2.75) is 116 Å². The molecule has 0 aromatic rings. The van der Waals surface area contributed by atoms with Crippen LogP contribution in [-0.4, -0.2) is 35.8 Å². The van der Waals surface area contributed by atoms with E-state index in [2.05, 4.69) is 13.8 Å². The van der Waals surface area contributed by atoms with E-state index in [-0.39, 0.29) is 24.5 Å². The van der Waals surface area contributed by atoms with Crippen molar-refractivity contribution in [3.63, 3.8) is 0 Å². The van der Waals surface area contributed by atoms with Crippen LogP contribution in [0.25, 0.3) is 0 Å². The molecular weight excluding hydrogens is 278 g/mol. The highest BCUT2D eigenvalue weighted by atomic mass is 16.7. The van der Waals surface area contributed by atoms with E-state index in [1.165, 1.54) is 44.9 Å². The maximum Gasteiger partial charge on any atom is 0.160 e. The highest BCUT2D eigenvalue weighted by Crippen LogP contribution is 2.24. The number of rotatable bonds is 11. The molecule has 0 aliphatic carbocycles. The highest BCUT2D eigenvalue weighted by Gasteiger charge is 2.34. The molecule has 1 aliphatic heterocycles. The molecule has 1 unspecified atom stereocenters. The number of hydrogen-bond donors (Lipinski definition) is 2. The van der Waals surface area contributed by atoms with E-state index in [1.807, 2.05) is 6.92 Å². The van der Waals surface area contributed by atoms with Crippen LogP contribution in [0.4, 0.5) is 0 Å². The lowest BCUT2D eigenvalue weighted by atomic mass is 10.00. The number of ether oxygens (including phenoxy) is 2. The quantitative estimate of drug-likeness (QED) is 0.570. The molecule has 0 aromatic heterocycles. The summed E-state index contributed by atoms with van der Waals surface area (Å²) in [7, 11) is 0. The zero-order valence-electron chi connectivity index (χ0n) is 14.8. The number of aliphatic hydroxyl groups excluding tert-OH is 1. The average molecular weight is 315 g/mol. The van der Waals surface area contributed by atoms with Gasteiger partial charge in [0.25, 0.3) is 0 Å². The number of nitrogens with two attached hydrogens (primary N) is 1. The normalized spacial score (nSPS) is 30.4. The van der Waals surface area contributed by atoms with Gasteiger partial charge < -0.3 is 20.3 Å². The first kappa shape index (κ1) is 19.9. The first-order chi connectivity index (χ1) is 10.6. The molecule has 0 aromatic carbocycles. The lowest BCUT2D eigenvalue weighted by Gasteiger charge is -2.37. The Balaban J connectivity index is 2.36. The second-order valence-corrected chi connectivity index (χ2v) is 6.76. The van der Waals surface area contributed by atoms with Crippen LogP contribution in [0, 0.1) is 0 Å². The van der Waals surface area contributed by atoms with Gasteiger partial charge in [0.2, 0.25) is 0 Å². The summed E-state index contributed by atoms with van der Waals surface area (Å²) in [6.45, 7) is 6.32. The molecule has 0 radical (unpaired) electrons. The van der Waals surface area contributed by atoms with Gasteiger partial charge in [-0.1, -0.05) is 58.8 Å². The zero-order chi connectivity index (χ0) is 16.4. The van der Waals surface area contributed by atoms with Crippen molar-refractivity contribution >= 4 is 0 Å².